The van der Waals surface area contributed by atoms with Crippen molar-refractivity contribution in [2.45, 2.75) is 44.8 Å². The third kappa shape index (κ3) is 2.85. The highest BCUT2D eigenvalue weighted by atomic mass is 16.5. The fourth-order valence-corrected chi connectivity index (χ4v) is 5.58. The highest BCUT2D eigenvalue weighted by Gasteiger charge is 2.55. The lowest BCUT2D eigenvalue weighted by molar-refractivity contribution is -0.0703. The third-order valence-electron chi connectivity index (χ3n) is 6.33. The molecule has 0 aliphatic heterocycles. The van der Waals surface area contributed by atoms with Gasteiger partial charge in [0.25, 0.3) is 0 Å². The van der Waals surface area contributed by atoms with E-state index in [1.807, 2.05) is 30.3 Å². The Kier molecular flexibility index (Phi) is 3.80. The largest absolute Gasteiger partial charge is 0.445 e. The van der Waals surface area contributed by atoms with Gasteiger partial charge in [-0.05, 0) is 67.4 Å². The summed E-state index contributed by atoms with van der Waals surface area (Å²) in [6.45, 7) is 1.14. The molecule has 0 radical (unpaired) electrons. The van der Waals surface area contributed by atoms with Crippen LogP contribution in [0.4, 0.5) is 4.79 Å². The molecule has 1 amide bonds. The Morgan fingerprint density at radius 2 is 1.87 bits per heavy atom. The second-order valence-corrected chi connectivity index (χ2v) is 7.91. The number of rotatable bonds is 4. The zero-order chi connectivity index (χ0) is 15.9. The van der Waals surface area contributed by atoms with E-state index in [1.165, 1.54) is 32.1 Å². The first-order valence-corrected chi connectivity index (χ1v) is 8.85. The molecule has 5 rings (SSSR count). The lowest BCUT2D eigenvalue weighted by Gasteiger charge is -2.59. The summed E-state index contributed by atoms with van der Waals surface area (Å²) in [5, 5.41) is 3.17. The summed E-state index contributed by atoms with van der Waals surface area (Å²) in [5.74, 6) is 2.01. The second kappa shape index (κ2) is 5.82. The fraction of sp³-hybridized carbons (Fsp3) is 0.632. The van der Waals surface area contributed by atoms with Gasteiger partial charge in [-0.3, -0.25) is 0 Å². The standard InChI is InChI=1S/C19H26N2O2/c20-12-19-8-14-6-15(9-19)17(16(7-14)10-19)21-18(22)23-11-13-4-2-1-3-5-13/h1-5,14-17H,6-12,20H2,(H,21,22)/t14?,15-,16+,17+,19-. The first-order chi connectivity index (χ1) is 11.2. The molecule has 23 heavy (non-hydrogen) atoms. The van der Waals surface area contributed by atoms with Crippen molar-refractivity contribution in [3.63, 3.8) is 0 Å². The molecule has 0 spiro atoms. The molecule has 3 N–H and O–H groups in total. The van der Waals surface area contributed by atoms with Crippen molar-refractivity contribution in [2.24, 2.45) is 28.9 Å². The highest BCUT2D eigenvalue weighted by Crippen LogP contribution is 2.59. The molecule has 0 saturated heterocycles. The van der Waals surface area contributed by atoms with E-state index in [-0.39, 0.29) is 12.1 Å². The number of alkyl carbamates (subject to hydrolysis) is 1. The summed E-state index contributed by atoms with van der Waals surface area (Å²) in [4.78, 5) is 12.2. The molecule has 4 nitrogen and oxygen atoms in total. The lowest BCUT2D eigenvalue weighted by Crippen LogP contribution is -2.60. The minimum atomic E-state index is -0.270. The van der Waals surface area contributed by atoms with Gasteiger partial charge >= 0.3 is 6.09 Å². The van der Waals surface area contributed by atoms with Crippen LogP contribution in [0.25, 0.3) is 0 Å². The molecule has 4 heteroatoms. The highest BCUT2D eigenvalue weighted by molar-refractivity contribution is 5.67. The quantitative estimate of drug-likeness (QED) is 0.897. The Labute approximate surface area is 137 Å². The maximum absolute atomic E-state index is 12.2. The number of hydrogen-bond acceptors (Lipinski definition) is 3. The van der Waals surface area contributed by atoms with Crippen molar-refractivity contribution in [1.29, 1.82) is 0 Å². The van der Waals surface area contributed by atoms with E-state index in [1.54, 1.807) is 0 Å². The average molecular weight is 314 g/mol. The summed E-state index contributed by atoms with van der Waals surface area (Å²) in [5.41, 5.74) is 7.46. The monoisotopic (exact) mass is 314 g/mol. The van der Waals surface area contributed by atoms with Crippen molar-refractivity contribution in [2.75, 3.05) is 6.54 Å². The van der Waals surface area contributed by atoms with Gasteiger partial charge in [-0.1, -0.05) is 30.3 Å². The molecule has 124 valence electrons. The molecule has 1 unspecified atom stereocenters. The van der Waals surface area contributed by atoms with E-state index in [2.05, 4.69) is 5.32 Å². The van der Waals surface area contributed by atoms with E-state index in [0.717, 1.165) is 18.0 Å². The SMILES string of the molecule is NC[C@]12CC3C[C@H](C1)[C@H](NC(=O)OCc1ccccc1)[C@@H](C3)C2. The number of hydrogen-bond donors (Lipinski definition) is 2. The lowest BCUT2D eigenvalue weighted by atomic mass is 9.48. The van der Waals surface area contributed by atoms with Gasteiger partial charge in [0.1, 0.15) is 6.61 Å². The molecular formula is C19H26N2O2. The van der Waals surface area contributed by atoms with Crippen molar-refractivity contribution in [1.82, 2.24) is 5.32 Å². The summed E-state index contributed by atoms with van der Waals surface area (Å²) >= 11 is 0. The smallest absolute Gasteiger partial charge is 0.407 e. The molecule has 0 aromatic heterocycles. The average Bonchev–Trinajstić information content (AvgIpc) is 2.57. The minimum Gasteiger partial charge on any atom is -0.445 e. The van der Waals surface area contributed by atoms with Crippen LogP contribution in [0.3, 0.4) is 0 Å². The molecule has 4 aliphatic carbocycles. The molecular weight excluding hydrogens is 288 g/mol. The molecule has 4 saturated carbocycles. The number of benzene rings is 1. The van der Waals surface area contributed by atoms with Crippen molar-refractivity contribution in [3.8, 4) is 0 Å². The predicted molar refractivity (Wildman–Crippen MR) is 88.6 cm³/mol. The van der Waals surface area contributed by atoms with Gasteiger partial charge < -0.3 is 15.8 Å². The summed E-state index contributed by atoms with van der Waals surface area (Å²) in [7, 11) is 0. The van der Waals surface area contributed by atoms with E-state index in [4.69, 9.17) is 10.5 Å². The van der Waals surface area contributed by atoms with Crippen molar-refractivity contribution >= 4 is 6.09 Å². The predicted octanol–water partition coefficient (Wildman–Crippen LogP) is 3.07. The van der Waals surface area contributed by atoms with Crippen molar-refractivity contribution < 1.29 is 9.53 Å². The molecule has 4 fully saturated rings. The van der Waals surface area contributed by atoms with Crippen LogP contribution in [-0.4, -0.2) is 18.7 Å². The zero-order valence-corrected chi connectivity index (χ0v) is 13.5. The van der Waals surface area contributed by atoms with E-state index < -0.39 is 0 Å². The molecule has 4 aliphatic rings. The van der Waals surface area contributed by atoms with Crippen LogP contribution < -0.4 is 11.1 Å². The first kappa shape index (κ1) is 15.0. The van der Waals surface area contributed by atoms with Crippen molar-refractivity contribution in [3.05, 3.63) is 35.9 Å². The number of carbonyl (C=O) groups excluding carboxylic acids is 1. The normalized spacial score (nSPS) is 37.6. The number of nitrogens with one attached hydrogen (secondary N) is 1. The van der Waals surface area contributed by atoms with Gasteiger partial charge in [-0.25, -0.2) is 4.79 Å². The van der Waals surface area contributed by atoms with Gasteiger partial charge in [-0.15, -0.1) is 0 Å². The van der Waals surface area contributed by atoms with Gasteiger partial charge in [0.05, 0.1) is 0 Å². The van der Waals surface area contributed by atoms with E-state index in [9.17, 15) is 4.79 Å². The molecule has 1 aromatic rings. The number of amides is 1. The summed E-state index contributed by atoms with van der Waals surface area (Å²) in [6, 6.07) is 10.1. The summed E-state index contributed by atoms with van der Waals surface area (Å²) in [6.07, 6.45) is 5.90. The Morgan fingerprint density at radius 3 is 2.52 bits per heavy atom. The Morgan fingerprint density at radius 1 is 1.17 bits per heavy atom. The molecule has 5 atom stereocenters. The van der Waals surface area contributed by atoms with Crippen LogP contribution in [0.5, 0.6) is 0 Å². The first-order valence-electron chi connectivity index (χ1n) is 8.85. The molecule has 4 bridgehead atoms. The Bertz CT molecular complexity index is 558. The van der Waals surface area contributed by atoms with Gasteiger partial charge in [-0.2, -0.15) is 0 Å². The van der Waals surface area contributed by atoms with Crippen LogP contribution in [0.2, 0.25) is 0 Å². The van der Waals surface area contributed by atoms with Gasteiger partial charge in [0.15, 0.2) is 0 Å². The van der Waals surface area contributed by atoms with Gasteiger partial charge in [0.2, 0.25) is 0 Å². The number of carbonyl (C=O) groups is 1. The van der Waals surface area contributed by atoms with Crippen LogP contribution >= 0.6 is 0 Å². The maximum atomic E-state index is 12.2. The minimum absolute atomic E-state index is 0.270. The summed E-state index contributed by atoms with van der Waals surface area (Å²) < 4.78 is 5.41. The topological polar surface area (TPSA) is 64.3 Å². The van der Waals surface area contributed by atoms with E-state index >= 15 is 0 Å². The van der Waals surface area contributed by atoms with E-state index in [0.29, 0.717) is 23.9 Å². The van der Waals surface area contributed by atoms with Gasteiger partial charge in [0, 0.05) is 6.04 Å². The zero-order valence-electron chi connectivity index (χ0n) is 13.5. The number of ether oxygens (including phenoxy) is 1. The van der Waals surface area contributed by atoms with Crippen LogP contribution in [0.15, 0.2) is 30.3 Å². The Hall–Kier alpha value is -1.55. The number of nitrogens with two attached hydrogens (primary N) is 1. The van der Waals surface area contributed by atoms with Crippen LogP contribution in [-0.2, 0) is 11.3 Å². The molecule has 1 aromatic carbocycles. The Balaban J connectivity index is 1.35. The maximum Gasteiger partial charge on any atom is 0.407 e. The third-order valence-corrected chi connectivity index (χ3v) is 6.33. The second-order valence-electron chi connectivity index (χ2n) is 7.91. The van der Waals surface area contributed by atoms with Crippen LogP contribution in [0.1, 0.15) is 37.7 Å². The fourth-order valence-electron chi connectivity index (χ4n) is 5.58. The van der Waals surface area contributed by atoms with Crippen LogP contribution in [0, 0.1) is 23.2 Å². The molecule has 0 heterocycles.